The van der Waals surface area contributed by atoms with Crippen LogP contribution in [0.3, 0.4) is 0 Å². The predicted molar refractivity (Wildman–Crippen MR) is 107 cm³/mol. The fraction of sp³-hybridized carbons (Fsp3) is 0.381. The predicted octanol–water partition coefficient (Wildman–Crippen LogP) is 3.66. The molecule has 3 rings (SSSR count). The number of nitrogens with zero attached hydrogens (tertiary/aromatic N) is 1. The second-order valence-corrected chi connectivity index (χ2v) is 6.54. The molecule has 0 unspecified atom stereocenters. The molecular formula is C21H27N3O3. The molecule has 2 amide bonds. The molecule has 0 bridgehead atoms. The molecule has 1 saturated heterocycles. The lowest BCUT2D eigenvalue weighted by Crippen LogP contribution is -2.38. The van der Waals surface area contributed by atoms with Crippen molar-refractivity contribution >= 4 is 11.7 Å². The number of likely N-dealkylation sites (tertiary alicyclic amines) is 1. The molecule has 2 aromatic rings. The molecule has 1 atom stereocenters. The molecule has 144 valence electrons. The topological polar surface area (TPSA) is 62.8 Å². The first-order valence-corrected chi connectivity index (χ1v) is 9.27. The zero-order chi connectivity index (χ0) is 19.1. The number of carbonyl (C=O) groups is 1. The second-order valence-electron chi connectivity index (χ2n) is 6.54. The highest BCUT2D eigenvalue weighted by Crippen LogP contribution is 2.31. The van der Waals surface area contributed by atoms with Gasteiger partial charge in [-0.05, 0) is 44.1 Å². The van der Waals surface area contributed by atoms with E-state index in [0.717, 1.165) is 24.4 Å². The van der Waals surface area contributed by atoms with E-state index in [-0.39, 0.29) is 12.1 Å². The first-order valence-electron chi connectivity index (χ1n) is 9.27. The highest BCUT2D eigenvalue weighted by atomic mass is 16.5. The summed E-state index contributed by atoms with van der Waals surface area (Å²) < 4.78 is 10.8. The number of urea groups is 1. The van der Waals surface area contributed by atoms with Crippen molar-refractivity contribution < 1.29 is 14.3 Å². The van der Waals surface area contributed by atoms with E-state index in [1.165, 1.54) is 12.8 Å². The number of rotatable bonds is 7. The minimum atomic E-state index is -0.251. The Hall–Kier alpha value is -2.73. The van der Waals surface area contributed by atoms with E-state index in [1.807, 2.05) is 42.5 Å². The molecule has 1 aliphatic rings. The van der Waals surface area contributed by atoms with Crippen LogP contribution < -0.4 is 20.1 Å². The number of ether oxygens (including phenoxy) is 2. The number of anilines is 1. The largest absolute Gasteiger partial charge is 0.496 e. The molecule has 6 nitrogen and oxygen atoms in total. The zero-order valence-electron chi connectivity index (χ0n) is 15.9. The van der Waals surface area contributed by atoms with Gasteiger partial charge >= 0.3 is 6.03 Å². The third-order valence-corrected chi connectivity index (χ3v) is 4.89. The summed E-state index contributed by atoms with van der Waals surface area (Å²) in [5.41, 5.74) is 1.74. The Labute approximate surface area is 160 Å². The number of hydrogen-bond donors (Lipinski definition) is 2. The maximum atomic E-state index is 12.5. The summed E-state index contributed by atoms with van der Waals surface area (Å²) in [6.07, 6.45) is 2.36. The summed E-state index contributed by atoms with van der Waals surface area (Å²) in [6.45, 7) is 2.55. The maximum Gasteiger partial charge on any atom is 0.319 e. The van der Waals surface area contributed by atoms with Gasteiger partial charge in [-0.25, -0.2) is 4.79 Å². The van der Waals surface area contributed by atoms with Crippen molar-refractivity contribution in [3.63, 3.8) is 0 Å². The van der Waals surface area contributed by atoms with Crippen molar-refractivity contribution in [1.82, 2.24) is 10.2 Å². The molecular weight excluding hydrogens is 342 g/mol. The van der Waals surface area contributed by atoms with E-state index in [1.54, 1.807) is 14.2 Å². The molecule has 2 aromatic carbocycles. The van der Waals surface area contributed by atoms with E-state index in [0.29, 0.717) is 18.0 Å². The molecule has 0 spiro atoms. The smallest absolute Gasteiger partial charge is 0.319 e. The zero-order valence-corrected chi connectivity index (χ0v) is 15.9. The van der Waals surface area contributed by atoms with Crippen LogP contribution in [-0.4, -0.2) is 44.8 Å². The Bertz CT molecular complexity index is 760. The van der Waals surface area contributed by atoms with Gasteiger partial charge in [0.15, 0.2) is 0 Å². The summed E-state index contributed by atoms with van der Waals surface area (Å²) >= 11 is 0. The van der Waals surface area contributed by atoms with Crippen LogP contribution in [0.5, 0.6) is 11.5 Å². The van der Waals surface area contributed by atoms with Crippen LogP contribution in [0.1, 0.15) is 24.4 Å². The normalized spacial score (nSPS) is 15.2. The van der Waals surface area contributed by atoms with Gasteiger partial charge in [0.05, 0.1) is 25.9 Å². The maximum absolute atomic E-state index is 12.5. The van der Waals surface area contributed by atoms with Crippen molar-refractivity contribution in [2.45, 2.75) is 18.9 Å². The SMILES string of the molecule is COc1ccccc1NC(=O)NC[C@@H](c1ccccc1OC)N1CCCC1. The van der Waals surface area contributed by atoms with Crippen LogP contribution in [0, 0.1) is 0 Å². The van der Waals surface area contributed by atoms with Gasteiger partial charge in [0.25, 0.3) is 0 Å². The summed E-state index contributed by atoms with van der Waals surface area (Å²) in [5.74, 6) is 1.48. The third kappa shape index (κ3) is 4.71. The van der Waals surface area contributed by atoms with Crippen LogP contribution in [0.25, 0.3) is 0 Å². The summed E-state index contributed by atoms with van der Waals surface area (Å²) in [5, 5.41) is 5.87. The molecule has 2 N–H and O–H groups in total. The van der Waals surface area contributed by atoms with E-state index in [2.05, 4.69) is 21.6 Å². The number of para-hydroxylation sites is 3. The summed E-state index contributed by atoms with van der Waals surface area (Å²) in [7, 11) is 3.27. The molecule has 6 heteroatoms. The van der Waals surface area contributed by atoms with Crippen molar-refractivity contribution in [3.8, 4) is 11.5 Å². The number of hydrogen-bond acceptors (Lipinski definition) is 4. The van der Waals surface area contributed by atoms with Gasteiger partial charge in [0, 0.05) is 12.1 Å². The number of benzene rings is 2. The average Bonchev–Trinajstić information content (AvgIpc) is 3.23. The van der Waals surface area contributed by atoms with Gasteiger partial charge in [-0.3, -0.25) is 4.90 Å². The van der Waals surface area contributed by atoms with Crippen LogP contribution in [0.4, 0.5) is 10.5 Å². The highest BCUT2D eigenvalue weighted by Gasteiger charge is 2.26. The molecule has 0 aromatic heterocycles. The van der Waals surface area contributed by atoms with Gasteiger partial charge in [0.2, 0.25) is 0 Å². The molecule has 27 heavy (non-hydrogen) atoms. The van der Waals surface area contributed by atoms with Gasteiger partial charge in [0.1, 0.15) is 11.5 Å². The molecule has 1 aliphatic heterocycles. The average molecular weight is 369 g/mol. The number of amides is 2. The first-order chi connectivity index (χ1) is 13.2. The monoisotopic (exact) mass is 369 g/mol. The minimum Gasteiger partial charge on any atom is -0.496 e. The fourth-order valence-electron chi connectivity index (χ4n) is 3.53. The number of methoxy groups -OCH3 is 2. The quantitative estimate of drug-likeness (QED) is 0.782. The van der Waals surface area contributed by atoms with Gasteiger partial charge in [-0.2, -0.15) is 0 Å². The standard InChI is InChI=1S/C21H27N3O3/c1-26-19-11-5-3-9-16(19)18(24-13-7-8-14-24)15-22-21(25)23-17-10-4-6-12-20(17)27-2/h3-6,9-12,18H,7-8,13-15H2,1-2H3,(H2,22,23,25)/t18-/m0/s1. The van der Waals surface area contributed by atoms with Crippen molar-refractivity contribution in [3.05, 3.63) is 54.1 Å². The van der Waals surface area contributed by atoms with Gasteiger partial charge < -0.3 is 20.1 Å². The molecule has 0 saturated carbocycles. The molecule has 1 fully saturated rings. The van der Waals surface area contributed by atoms with Crippen molar-refractivity contribution in [2.75, 3.05) is 39.2 Å². The Balaban J connectivity index is 1.70. The Morgan fingerprint density at radius 3 is 2.33 bits per heavy atom. The van der Waals surface area contributed by atoms with Crippen LogP contribution in [0.15, 0.2) is 48.5 Å². The summed E-state index contributed by atoms with van der Waals surface area (Å²) in [4.78, 5) is 14.9. The first kappa shape index (κ1) is 19.0. The lowest BCUT2D eigenvalue weighted by molar-refractivity contribution is 0.224. The third-order valence-electron chi connectivity index (χ3n) is 4.89. The Morgan fingerprint density at radius 2 is 1.63 bits per heavy atom. The van der Waals surface area contributed by atoms with Crippen molar-refractivity contribution in [2.24, 2.45) is 0 Å². The fourth-order valence-corrected chi connectivity index (χ4v) is 3.53. The molecule has 0 radical (unpaired) electrons. The van der Waals surface area contributed by atoms with E-state index < -0.39 is 0 Å². The number of carbonyl (C=O) groups excluding carboxylic acids is 1. The van der Waals surface area contributed by atoms with Gasteiger partial charge in [-0.1, -0.05) is 30.3 Å². The van der Waals surface area contributed by atoms with Crippen molar-refractivity contribution in [1.29, 1.82) is 0 Å². The number of nitrogens with one attached hydrogen (secondary N) is 2. The molecule has 1 heterocycles. The second kappa shape index (κ2) is 9.28. The minimum absolute atomic E-state index is 0.0760. The van der Waals surface area contributed by atoms with E-state index in [4.69, 9.17) is 9.47 Å². The lowest BCUT2D eigenvalue weighted by Gasteiger charge is -2.29. The van der Waals surface area contributed by atoms with Crippen LogP contribution >= 0.6 is 0 Å². The Kier molecular flexibility index (Phi) is 6.54. The van der Waals surface area contributed by atoms with E-state index in [9.17, 15) is 4.79 Å². The van der Waals surface area contributed by atoms with Crippen LogP contribution in [0.2, 0.25) is 0 Å². The summed E-state index contributed by atoms with van der Waals surface area (Å²) in [6, 6.07) is 15.2. The molecule has 0 aliphatic carbocycles. The Morgan fingerprint density at radius 1 is 1.00 bits per heavy atom. The van der Waals surface area contributed by atoms with Gasteiger partial charge in [-0.15, -0.1) is 0 Å². The lowest BCUT2D eigenvalue weighted by atomic mass is 10.0. The highest BCUT2D eigenvalue weighted by molar-refractivity contribution is 5.90. The van der Waals surface area contributed by atoms with Crippen LogP contribution in [-0.2, 0) is 0 Å². The van der Waals surface area contributed by atoms with E-state index >= 15 is 0 Å².